The number of benzene rings is 1. The minimum atomic E-state index is -0.591. The lowest BCUT2D eigenvalue weighted by atomic mass is 9.86. The molecule has 2 aliphatic rings. The fraction of sp³-hybridized carbons (Fsp3) is 0.619. The molecule has 1 saturated heterocycles. The van der Waals surface area contributed by atoms with Gasteiger partial charge in [-0.25, -0.2) is 0 Å². The highest BCUT2D eigenvalue weighted by Crippen LogP contribution is 2.30. The van der Waals surface area contributed by atoms with E-state index >= 15 is 0 Å². The predicted octanol–water partition coefficient (Wildman–Crippen LogP) is 2.54. The highest BCUT2D eigenvalue weighted by molar-refractivity contribution is 5.90. The van der Waals surface area contributed by atoms with E-state index in [0.29, 0.717) is 13.0 Å². The van der Waals surface area contributed by atoms with Crippen LogP contribution in [0.3, 0.4) is 0 Å². The van der Waals surface area contributed by atoms with Crippen LogP contribution in [0, 0.1) is 5.41 Å². The number of carbonyl (C=O) groups is 2. The Bertz CT molecular complexity index is 680. The average Bonchev–Trinajstić information content (AvgIpc) is 3.10. The normalized spacial score (nSPS) is 24.1. The van der Waals surface area contributed by atoms with Gasteiger partial charge < -0.3 is 16.0 Å². The van der Waals surface area contributed by atoms with Gasteiger partial charge >= 0.3 is 0 Å². The van der Waals surface area contributed by atoms with Crippen molar-refractivity contribution in [3.05, 3.63) is 35.4 Å². The van der Waals surface area contributed by atoms with Crippen LogP contribution in [-0.2, 0) is 16.0 Å². The van der Waals surface area contributed by atoms with Gasteiger partial charge in [-0.05, 0) is 48.6 Å². The van der Waals surface area contributed by atoms with Gasteiger partial charge in [0.1, 0.15) is 6.04 Å². The van der Waals surface area contributed by atoms with Gasteiger partial charge in [0.05, 0.1) is 12.1 Å². The Balaban J connectivity index is 1.71. The third-order valence-corrected chi connectivity index (χ3v) is 5.72. The molecule has 0 saturated carbocycles. The lowest BCUT2D eigenvalue weighted by Gasteiger charge is -2.34. The Morgan fingerprint density at radius 3 is 2.65 bits per heavy atom. The summed E-state index contributed by atoms with van der Waals surface area (Å²) in [4.78, 5) is 27.5. The summed E-state index contributed by atoms with van der Waals surface area (Å²) >= 11 is 0. The van der Waals surface area contributed by atoms with Crippen molar-refractivity contribution in [2.24, 2.45) is 11.1 Å². The second-order valence-electron chi connectivity index (χ2n) is 8.69. The Hall–Kier alpha value is -1.88. The van der Waals surface area contributed by atoms with Crippen LogP contribution in [0.25, 0.3) is 0 Å². The first-order valence-electron chi connectivity index (χ1n) is 9.73. The summed E-state index contributed by atoms with van der Waals surface area (Å²) in [7, 11) is 0. The number of aryl methyl sites for hydroxylation is 1. The Morgan fingerprint density at radius 2 is 1.92 bits per heavy atom. The van der Waals surface area contributed by atoms with Crippen LogP contribution < -0.4 is 11.1 Å². The number of carbonyl (C=O) groups excluding carboxylic acids is 2. The number of nitrogens with zero attached hydrogens (tertiary/aromatic N) is 1. The van der Waals surface area contributed by atoms with Gasteiger partial charge in [-0.2, -0.15) is 0 Å². The molecule has 1 fully saturated rings. The van der Waals surface area contributed by atoms with Crippen LogP contribution in [0.5, 0.6) is 0 Å². The highest BCUT2D eigenvalue weighted by Gasteiger charge is 2.40. The molecule has 3 atom stereocenters. The lowest BCUT2D eigenvalue weighted by molar-refractivity contribution is -0.141. The number of hydrogen-bond donors (Lipinski definition) is 2. The zero-order valence-electron chi connectivity index (χ0n) is 16.1. The Morgan fingerprint density at radius 1 is 1.19 bits per heavy atom. The number of nitrogens with one attached hydrogen (secondary N) is 1. The predicted molar refractivity (Wildman–Crippen MR) is 102 cm³/mol. The Labute approximate surface area is 156 Å². The molecular formula is C21H31N3O2. The van der Waals surface area contributed by atoms with E-state index in [4.69, 9.17) is 5.73 Å². The molecule has 0 spiro atoms. The van der Waals surface area contributed by atoms with Gasteiger partial charge in [0, 0.05) is 6.54 Å². The van der Waals surface area contributed by atoms with Crippen LogP contribution in [-0.4, -0.2) is 35.3 Å². The van der Waals surface area contributed by atoms with Crippen molar-refractivity contribution in [2.75, 3.05) is 6.54 Å². The minimum Gasteiger partial charge on any atom is -0.347 e. The third kappa shape index (κ3) is 3.78. The molecule has 1 aliphatic heterocycles. The van der Waals surface area contributed by atoms with E-state index in [9.17, 15) is 9.59 Å². The van der Waals surface area contributed by atoms with Crippen LogP contribution in [0.4, 0.5) is 0 Å². The summed E-state index contributed by atoms with van der Waals surface area (Å²) in [6.45, 7) is 6.49. The van der Waals surface area contributed by atoms with Crippen molar-refractivity contribution in [2.45, 2.75) is 71.0 Å². The number of hydrogen-bond acceptors (Lipinski definition) is 3. The highest BCUT2D eigenvalue weighted by atomic mass is 16.2. The molecule has 0 radical (unpaired) electrons. The van der Waals surface area contributed by atoms with E-state index in [1.165, 1.54) is 11.1 Å². The molecule has 3 N–H and O–H groups in total. The number of fused-ring (bicyclic) bond motifs is 1. The summed E-state index contributed by atoms with van der Waals surface area (Å²) in [5, 5.41) is 3.21. The number of likely N-dealkylation sites (tertiary alicyclic amines) is 1. The SMILES string of the molecule is CC(C)(C)[C@@H](N)C(=O)N1CCC[C@@H]1C(=O)N[C@@H]1CCCc2ccccc21. The molecule has 1 aromatic rings. The summed E-state index contributed by atoms with van der Waals surface area (Å²) in [6, 6.07) is 7.37. The van der Waals surface area contributed by atoms with Gasteiger partial charge in [-0.15, -0.1) is 0 Å². The summed E-state index contributed by atoms with van der Waals surface area (Å²) in [6.07, 6.45) is 4.65. The second-order valence-corrected chi connectivity index (χ2v) is 8.69. The monoisotopic (exact) mass is 357 g/mol. The smallest absolute Gasteiger partial charge is 0.243 e. The summed E-state index contributed by atoms with van der Waals surface area (Å²) in [5.74, 6) is -0.155. The first-order valence-corrected chi connectivity index (χ1v) is 9.73. The summed E-state index contributed by atoms with van der Waals surface area (Å²) < 4.78 is 0. The molecule has 1 aliphatic carbocycles. The van der Waals surface area contributed by atoms with E-state index in [1.807, 2.05) is 32.9 Å². The van der Waals surface area contributed by atoms with E-state index in [0.717, 1.165) is 25.7 Å². The van der Waals surface area contributed by atoms with Crippen LogP contribution in [0.1, 0.15) is 63.6 Å². The second kappa shape index (κ2) is 7.39. The van der Waals surface area contributed by atoms with Crippen LogP contribution >= 0.6 is 0 Å². The Kier molecular flexibility index (Phi) is 5.37. The van der Waals surface area contributed by atoms with Gasteiger partial charge in [0.15, 0.2) is 0 Å². The molecule has 142 valence electrons. The lowest BCUT2D eigenvalue weighted by Crippen LogP contribution is -2.55. The van der Waals surface area contributed by atoms with E-state index < -0.39 is 12.1 Å². The number of rotatable bonds is 3. The average molecular weight is 357 g/mol. The number of nitrogens with two attached hydrogens (primary N) is 1. The molecule has 0 aromatic heterocycles. The van der Waals surface area contributed by atoms with E-state index in [-0.39, 0.29) is 23.3 Å². The van der Waals surface area contributed by atoms with Crippen molar-refractivity contribution in [3.8, 4) is 0 Å². The molecule has 5 heteroatoms. The van der Waals surface area contributed by atoms with Crippen LogP contribution in [0.2, 0.25) is 0 Å². The maximum Gasteiger partial charge on any atom is 0.243 e. The molecule has 3 rings (SSSR count). The minimum absolute atomic E-state index is 0.0429. The fourth-order valence-electron chi connectivity index (χ4n) is 4.02. The van der Waals surface area contributed by atoms with Gasteiger partial charge in [0.25, 0.3) is 0 Å². The quantitative estimate of drug-likeness (QED) is 0.873. The third-order valence-electron chi connectivity index (χ3n) is 5.72. The van der Waals surface area contributed by atoms with Crippen molar-refractivity contribution in [1.82, 2.24) is 10.2 Å². The molecule has 1 aromatic carbocycles. The maximum absolute atomic E-state index is 13.0. The maximum atomic E-state index is 13.0. The fourth-order valence-corrected chi connectivity index (χ4v) is 4.02. The molecule has 0 unspecified atom stereocenters. The van der Waals surface area contributed by atoms with Gasteiger partial charge in [-0.1, -0.05) is 45.0 Å². The standard InChI is InChI=1S/C21H31N3O2/c1-21(2,3)18(22)20(26)24-13-7-12-17(24)19(25)23-16-11-6-9-14-8-4-5-10-15(14)16/h4-5,8,10,16-18H,6-7,9,11-13,22H2,1-3H3,(H,23,25)/t16-,17-,18+/m1/s1. The van der Waals surface area contributed by atoms with Crippen molar-refractivity contribution in [1.29, 1.82) is 0 Å². The van der Waals surface area contributed by atoms with Gasteiger partial charge in [-0.3, -0.25) is 9.59 Å². The topological polar surface area (TPSA) is 75.4 Å². The first-order chi connectivity index (χ1) is 12.3. The van der Waals surface area contributed by atoms with Crippen molar-refractivity contribution >= 4 is 11.8 Å². The molecule has 5 nitrogen and oxygen atoms in total. The zero-order chi connectivity index (χ0) is 18.9. The molecule has 26 heavy (non-hydrogen) atoms. The summed E-state index contributed by atoms with van der Waals surface area (Å²) in [5.41, 5.74) is 8.38. The molecular weight excluding hydrogens is 326 g/mol. The molecule has 1 heterocycles. The van der Waals surface area contributed by atoms with Crippen molar-refractivity contribution < 1.29 is 9.59 Å². The molecule has 2 amide bonds. The van der Waals surface area contributed by atoms with E-state index in [1.54, 1.807) is 4.90 Å². The first kappa shape index (κ1) is 18.9. The van der Waals surface area contributed by atoms with E-state index in [2.05, 4.69) is 17.4 Å². The zero-order valence-corrected chi connectivity index (χ0v) is 16.1. The van der Waals surface area contributed by atoms with Crippen LogP contribution in [0.15, 0.2) is 24.3 Å². The molecule has 0 bridgehead atoms. The van der Waals surface area contributed by atoms with Crippen molar-refractivity contribution in [3.63, 3.8) is 0 Å². The largest absolute Gasteiger partial charge is 0.347 e. The number of amides is 2. The van der Waals surface area contributed by atoms with Gasteiger partial charge in [0.2, 0.25) is 11.8 Å².